The van der Waals surface area contributed by atoms with E-state index in [0.29, 0.717) is 40.1 Å². The Hall–Kier alpha value is -4.18. The number of nitrogens with one attached hydrogen (secondary N) is 2. The summed E-state index contributed by atoms with van der Waals surface area (Å²) in [6.45, 7) is 2.22. The van der Waals surface area contributed by atoms with Crippen LogP contribution in [0.5, 0.6) is 5.75 Å². The van der Waals surface area contributed by atoms with E-state index in [4.69, 9.17) is 14.3 Å². The van der Waals surface area contributed by atoms with Gasteiger partial charge in [-0.1, -0.05) is 12.1 Å². The summed E-state index contributed by atoms with van der Waals surface area (Å²) in [5, 5.41) is 12.1. The molecule has 0 aliphatic heterocycles. The SMILES string of the molecule is CCOc1ccc(NC(=O)CCC(=O)O)cc1-c1nc2c(oc3ccccc32)c(=O)[nH]1.O. The molecule has 0 saturated carbocycles. The minimum atomic E-state index is -1.05. The number of hydrogen-bond acceptors (Lipinski definition) is 6. The molecule has 0 unspecified atom stereocenters. The fourth-order valence-corrected chi connectivity index (χ4v) is 3.25. The molecule has 166 valence electrons. The first-order valence-corrected chi connectivity index (χ1v) is 9.66. The quantitative estimate of drug-likeness (QED) is 0.398. The van der Waals surface area contributed by atoms with Crippen molar-refractivity contribution in [2.45, 2.75) is 19.8 Å². The number of benzene rings is 2. The molecule has 0 aliphatic rings. The highest BCUT2D eigenvalue weighted by Crippen LogP contribution is 2.32. The molecule has 10 heteroatoms. The van der Waals surface area contributed by atoms with Gasteiger partial charge >= 0.3 is 5.97 Å². The van der Waals surface area contributed by atoms with Crippen molar-refractivity contribution in [3.05, 3.63) is 52.8 Å². The second-order valence-electron chi connectivity index (χ2n) is 6.78. The number of nitrogens with zero attached hydrogens (tertiary/aromatic N) is 1. The van der Waals surface area contributed by atoms with Gasteiger partial charge in [-0.3, -0.25) is 14.4 Å². The van der Waals surface area contributed by atoms with Gasteiger partial charge in [0.1, 0.15) is 22.7 Å². The molecule has 2 aromatic heterocycles. The predicted octanol–water partition coefficient (Wildman–Crippen LogP) is 2.71. The molecule has 0 radical (unpaired) electrons. The summed E-state index contributed by atoms with van der Waals surface area (Å²) >= 11 is 0. The van der Waals surface area contributed by atoms with Crippen LogP contribution < -0.4 is 15.6 Å². The third-order valence-electron chi connectivity index (χ3n) is 4.62. The largest absolute Gasteiger partial charge is 0.493 e. The molecular formula is C22H21N3O7. The van der Waals surface area contributed by atoms with E-state index in [0.717, 1.165) is 0 Å². The van der Waals surface area contributed by atoms with Crippen LogP contribution in [0.4, 0.5) is 5.69 Å². The Bertz CT molecular complexity index is 1360. The fourth-order valence-electron chi connectivity index (χ4n) is 3.25. The number of aromatic nitrogens is 2. The third-order valence-corrected chi connectivity index (χ3v) is 4.62. The van der Waals surface area contributed by atoms with Crippen LogP contribution >= 0.6 is 0 Å². The Morgan fingerprint density at radius 2 is 1.97 bits per heavy atom. The molecule has 4 rings (SSSR count). The molecule has 2 aromatic carbocycles. The van der Waals surface area contributed by atoms with Crippen molar-refractivity contribution in [2.24, 2.45) is 0 Å². The third kappa shape index (κ3) is 4.44. The van der Waals surface area contributed by atoms with Crippen molar-refractivity contribution >= 4 is 39.6 Å². The summed E-state index contributed by atoms with van der Waals surface area (Å²) < 4.78 is 11.3. The van der Waals surface area contributed by atoms with Crippen LogP contribution in [0.1, 0.15) is 19.8 Å². The highest BCUT2D eigenvalue weighted by molar-refractivity contribution is 6.02. The van der Waals surface area contributed by atoms with Gasteiger partial charge in [0.25, 0.3) is 5.56 Å². The van der Waals surface area contributed by atoms with E-state index in [1.54, 1.807) is 24.3 Å². The second-order valence-corrected chi connectivity index (χ2v) is 6.78. The Morgan fingerprint density at radius 3 is 2.72 bits per heavy atom. The van der Waals surface area contributed by atoms with Crippen LogP contribution in [0.15, 0.2) is 51.7 Å². The highest BCUT2D eigenvalue weighted by atomic mass is 16.5. The van der Waals surface area contributed by atoms with Crippen LogP contribution in [0, 0.1) is 0 Å². The van der Waals surface area contributed by atoms with E-state index in [9.17, 15) is 14.4 Å². The van der Waals surface area contributed by atoms with Gasteiger partial charge < -0.3 is 30.0 Å². The van der Waals surface area contributed by atoms with Gasteiger partial charge in [0, 0.05) is 17.5 Å². The molecule has 0 saturated heterocycles. The molecule has 32 heavy (non-hydrogen) atoms. The number of H-pyrrole nitrogens is 1. The van der Waals surface area contributed by atoms with Crippen molar-refractivity contribution in [3.8, 4) is 17.1 Å². The number of para-hydroxylation sites is 1. The lowest BCUT2D eigenvalue weighted by Crippen LogP contribution is -2.13. The predicted molar refractivity (Wildman–Crippen MR) is 118 cm³/mol. The first kappa shape index (κ1) is 22.5. The summed E-state index contributed by atoms with van der Waals surface area (Å²) in [5.74, 6) is -0.754. The van der Waals surface area contributed by atoms with Crippen molar-refractivity contribution < 1.29 is 29.3 Å². The normalized spacial score (nSPS) is 10.7. The van der Waals surface area contributed by atoms with Crippen LogP contribution in [0.3, 0.4) is 0 Å². The number of anilines is 1. The average molecular weight is 439 g/mol. The number of carbonyl (C=O) groups excluding carboxylic acids is 1. The maximum Gasteiger partial charge on any atom is 0.303 e. The first-order chi connectivity index (χ1) is 15.0. The van der Waals surface area contributed by atoms with E-state index >= 15 is 0 Å². The minimum absolute atomic E-state index is 0. The van der Waals surface area contributed by atoms with Gasteiger partial charge in [0.15, 0.2) is 0 Å². The van der Waals surface area contributed by atoms with Crippen LogP contribution in [-0.2, 0) is 9.59 Å². The molecular weight excluding hydrogens is 418 g/mol. The number of aliphatic carboxylic acids is 1. The fraction of sp³-hybridized carbons (Fsp3) is 0.182. The number of ether oxygens (including phenoxy) is 1. The first-order valence-electron chi connectivity index (χ1n) is 9.66. The number of hydrogen-bond donors (Lipinski definition) is 3. The zero-order chi connectivity index (χ0) is 22.0. The van der Waals surface area contributed by atoms with E-state index in [1.165, 1.54) is 0 Å². The van der Waals surface area contributed by atoms with Crippen molar-refractivity contribution in [1.29, 1.82) is 0 Å². The van der Waals surface area contributed by atoms with Crippen molar-refractivity contribution in [3.63, 3.8) is 0 Å². The zero-order valence-electron chi connectivity index (χ0n) is 17.1. The maximum atomic E-state index is 12.7. The molecule has 0 atom stereocenters. The summed E-state index contributed by atoms with van der Waals surface area (Å²) in [6, 6.07) is 12.1. The Labute approximate surface area is 181 Å². The van der Waals surface area contributed by atoms with Crippen LogP contribution in [-0.4, -0.2) is 39.0 Å². The van der Waals surface area contributed by atoms with Gasteiger partial charge in [-0.15, -0.1) is 0 Å². The maximum absolute atomic E-state index is 12.7. The van der Waals surface area contributed by atoms with Crippen LogP contribution in [0.25, 0.3) is 33.5 Å². The molecule has 0 aliphatic carbocycles. The number of aromatic amines is 1. The molecule has 0 bridgehead atoms. The average Bonchev–Trinajstić information content (AvgIpc) is 3.13. The second kappa shape index (κ2) is 9.31. The molecule has 1 amide bonds. The lowest BCUT2D eigenvalue weighted by atomic mass is 10.1. The standard InChI is InChI=1S/C22H19N3O6.H2O/c1-2-30-15-8-7-12(23-17(26)9-10-18(27)28)11-14(15)21-24-19-13-5-3-4-6-16(13)31-20(19)22(29)25-21;/h3-8,11H,2,9-10H2,1H3,(H,23,26)(H,27,28)(H,24,25,29);1H2. The molecule has 0 fully saturated rings. The number of furan rings is 1. The Balaban J connectivity index is 0.00000289. The number of fused-ring (bicyclic) bond motifs is 3. The van der Waals surface area contributed by atoms with E-state index < -0.39 is 17.4 Å². The number of rotatable bonds is 7. The summed E-state index contributed by atoms with van der Waals surface area (Å²) in [4.78, 5) is 42.7. The Kier molecular flexibility index (Phi) is 6.55. The van der Waals surface area contributed by atoms with E-state index in [1.807, 2.05) is 25.1 Å². The number of carboxylic acids is 1. The lowest BCUT2D eigenvalue weighted by molar-refractivity contribution is -0.138. The zero-order valence-corrected chi connectivity index (χ0v) is 17.1. The van der Waals surface area contributed by atoms with Gasteiger partial charge in [-0.2, -0.15) is 0 Å². The monoisotopic (exact) mass is 439 g/mol. The van der Waals surface area contributed by atoms with Crippen molar-refractivity contribution in [1.82, 2.24) is 9.97 Å². The summed E-state index contributed by atoms with van der Waals surface area (Å²) in [7, 11) is 0. The summed E-state index contributed by atoms with van der Waals surface area (Å²) in [5.41, 5.74) is 1.57. The summed E-state index contributed by atoms with van der Waals surface area (Å²) in [6.07, 6.45) is -0.422. The molecule has 2 heterocycles. The molecule has 10 nitrogen and oxygen atoms in total. The molecule has 5 N–H and O–H groups in total. The van der Waals surface area contributed by atoms with Gasteiger partial charge in [0.2, 0.25) is 11.5 Å². The van der Waals surface area contributed by atoms with Gasteiger partial charge in [-0.05, 0) is 37.3 Å². The van der Waals surface area contributed by atoms with E-state index in [-0.39, 0.29) is 29.7 Å². The highest BCUT2D eigenvalue weighted by Gasteiger charge is 2.17. The van der Waals surface area contributed by atoms with Crippen LogP contribution in [0.2, 0.25) is 0 Å². The smallest absolute Gasteiger partial charge is 0.303 e. The van der Waals surface area contributed by atoms with E-state index in [2.05, 4.69) is 15.3 Å². The van der Waals surface area contributed by atoms with Crippen molar-refractivity contribution in [2.75, 3.05) is 11.9 Å². The van der Waals surface area contributed by atoms with Gasteiger partial charge in [-0.25, -0.2) is 4.98 Å². The van der Waals surface area contributed by atoms with Gasteiger partial charge in [0.05, 0.1) is 18.6 Å². The Morgan fingerprint density at radius 1 is 1.19 bits per heavy atom. The number of carboxylic acid groups (broad SMARTS) is 1. The number of amides is 1. The lowest BCUT2D eigenvalue weighted by Gasteiger charge is -2.12. The minimum Gasteiger partial charge on any atom is -0.493 e. The molecule has 4 aromatic rings. The number of carbonyl (C=O) groups is 2. The molecule has 0 spiro atoms. The topological polar surface area (TPSA) is 166 Å².